The highest BCUT2D eigenvalue weighted by Crippen LogP contribution is 2.19. The molecule has 1 amide bonds. The van der Waals surface area contributed by atoms with E-state index >= 15 is 0 Å². The molecule has 0 aromatic heterocycles. The smallest absolute Gasteiger partial charge is 0.217 e. The first-order chi connectivity index (χ1) is 7.17. The molecule has 4 nitrogen and oxygen atoms in total. The molecule has 0 aliphatic carbocycles. The van der Waals surface area contributed by atoms with Gasteiger partial charge in [0.15, 0.2) is 0 Å². The van der Waals surface area contributed by atoms with Gasteiger partial charge < -0.3 is 10.1 Å². The van der Waals surface area contributed by atoms with Crippen LogP contribution in [0.1, 0.15) is 18.1 Å². The molecule has 0 unspecified atom stereocenters. The molecule has 0 heterocycles. The Kier molecular flexibility index (Phi) is 3.69. The van der Waals surface area contributed by atoms with Crippen LogP contribution < -0.4 is 10.1 Å². The Bertz CT molecular complexity index is 408. The lowest BCUT2D eigenvalue weighted by atomic mass is 10.1. The molecule has 0 aliphatic heterocycles. The van der Waals surface area contributed by atoms with Crippen LogP contribution in [0.2, 0.25) is 0 Å². The van der Waals surface area contributed by atoms with E-state index in [1.54, 1.807) is 18.2 Å². The second-order valence-corrected chi connectivity index (χ2v) is 3.05. The fraction of sp³-hybridized carbons (Fsp3) is 0.273. The van der Waals surface area contributed by atoms with Crippen LogP contribution in [0, 0.1) is 11.3 Å². The number of methoxy groups -OCH3 is 1. The van der Waals surface area contributed by atoms with Gasteiger partial charge in [-0.3, -0.25) is 4.79 Å². The van der Waals surface area contributed by atoms with Crippen LogP contribution in [0.4, 0.5) is 0 Å². The molecule has 0 saturated carbocycles. The third-order valence-electron chi connectivity index (χ3n) is 1.94. The highest BCUT2D eigenvalue weighted by molar-refractivity contribution is 5.72. The number of carbonyl (C=O) groups is 1. The van der Waals surface area contributed by atoms with Crippen molar-refractivity contribution in [2.75, 3.05) is 7.11 Å². The first-order valence-electron chi connectivity index (χ1n) is 4.49. The fourth-order valence-corrected chi connectivity index (χ4v) is 1.18. The molecule has 0 aliphatic rings. The van der Waals surface area contributed by atoms with Crippen LogP contribution in [0.5, 0.6) is 5.75 Å². The molecule has 0 saturated heterocycles. The van der Waals surface area contributed by atoms with E-state index in [2.05, 4.69) is 5.32 Å². The Morgan fingerprint density at radius 3 is 2.87 bits per heavy atom. The van der Waals surface area contributed by atoms with Crippen molar-refractivity contribution in [2.24, 2.45) is 0 Å². The van der Waals surface area contributed by atoms with Gasteiger partial charge in [0.1, 0.15) is 5.75 Å². The standard InChI is InChI=1S/C11H12N2O2/c1-8(14)13-7-10-4-3-9(6-12)5-11(10)15-2/h3-5H,7H2,1-2H3,(H,13,14). The second kappa shape index (κ2) is 5.01. The number of nitrogens with one attached hydrogen (secondary N) is 1. The number of nitrogens with zero attached hydrogens (tertiary/aromatic N) is 1. The number of benzene rings is 1. The number of hydrogen-bond donors (Lipinski definition) is 1. The number of hydrogen-bond acceptors (Lipinski definition) is 3. The summed E-state index contributed by atoms with van der Waals surface area (Å²) in [5.41, 5.74) is 1.39. The summed E-state index contributed by atoms with van der Waals surface area (Å²) in [6, 6.07) is 7.14. The van der Waals surface area contributed by atoms with E-state index in [1.165, 1.54) is 14.0 Å². The molecule has 0 bridgehead atoms. The lowest BCUT2D eigenvalue weighted by Gasteiger charge is -2.08. The van der Waals surface area contributed by atoms with Crippen LogP contribution in [0.25, 0.3) is 0 Å². The molecule has 4 heteroatoms. The van der Waals surface area contributed by atoms with Crippen molar-refractivity contribution in [1.29, 1.82) is 5.26 Å². The summed E-state index contributed by atoms with van der Waals surface area (Å²) in [5, 5.41) is 11.4. The normalized spacial score (nSPS) is 9.13. The van der Waals surface area contributed by atoms with Crippen molar-refractivity contribution >= 4 is 5.91 Å². The number of nitriles is 1. The number of amides is 1. The lowest BCUT2D eigenvalue weighted by molar-refractivity contribution is -0.119. The van der Waals surface area contributed by atoms with Gasteiger partial charge >= 0.3 is 0 Å². The summed E-state index contributed by atoms with van der Waals surface area (Å²) < 4.78 is 5.12. The SMILES string of the molecule is COc1cc(C#N)ccc1CNC(C)=O. The third-order valence-corrected chi connectivity index (χ3v) is 1.94. The third kappa shape index (κ3) is 2.99. The van der Waals surface area contributed by atoms with Gasteiger partial charge in [0.2, 0.25) is 5.91 Å². The summed E-state index contributed by atoms with van der Waals surface area (Å²) in [6.07, 6.45) is 0. The molecule has 0 radical (unpaired) electrons. The van der Waals surface area contributed by atoms with Gasteiger partial charge in [-0.2, -0.15) is 5.26 Å². The van der Waals surface area contributed by atoms with E-state index in [1.807, 2.05) is 6.07 Å². The van der Waals surface area contributed by atoms with E-state index in [4.69, 9.17) is 10.00 Å². The number of rotatable bonds is 3. The maximum absolute atomic E-state index is 10.7. The largest absolute Gasteiger partial charge is 0.496 e. The Morgan fingerprint density at radius 1 is 1.60 bits per heavy atom. The highest BCUT2D eigenvalue weighted by Gasteiger charge is 2.04. The van der Waals surface area contributed by atoms with Crippen LogP contribution in [-0.4, -0.2) is 13.0 Å². The van der Waals surface area contributed by atoms with E-state index in [0.717, 1.165) is 5.56 Å². The van der Waals surface area contributed by atoms with Gasteiger partial charge in [-0.15, -0.1) is 0 Å². The summed E-state index contributed by atoms with van der Waals surface area (Å²) in [4.78, 5) is 10.7. The average molecular weight is 204 g/mol. The van der Waals surface area contributed by atoms with E-state index in [0.29, 0.717) is 17.9 Å². The van der Waals surface area contributed by atoms with E-state index < -0.39 is 0 Å². The predicted octanol–water partition coefficient (Wildman–Crippen LogP) is 1.20. The van der Waals surface area contributed by atoms with Crippen LogP contribution >= 0.6 is 0 Å². The van der Waals surface area contributed by atoms with E-state index in [9.17, 15) is 4.79 Å². The van der Waals surface area contributed by atoms with Crippen LogP contribution in [-0.2, 0) is 11.3 Å². The van der Waals surface area contributed by atoms with Crippen molar-refractivity contribution < 1.29 is 9.53 Å². The molecule has 1 aromatic carbocycles. The van der Waals surface area contributed by atoms with Crippen molar-refractivity contribution in [3.8, 4) is 11.8 Å². The summed E-state index contributed by atoms with van der Waals surface area (Å²) in [6.45, 7) is 1.86. The molecule has 0 fully saturated rings. The van der Waals surface area contributed by atoms with Crippen LogP contribution in [0.3, 0.4) is 0 Å². The minimum absolute atomic E-state index is 0.0959. The van der Waals surface area contributed by atoms with Gasteiger partial charge in [0, 0.05) is 19.0 Å². The van der Waals surface area contributed by atoms with Gasteiger partial charge in [-0.25, -0.2) is 0 Å². The Morgan fingerprint density at radius 2 is 2.33 bits per heavy atom. The van der Waals surface area contributed by atoms with Gasteiger partial charge in [0.25, 0.3) is 0 Å². The maximum Gasteiger partial charge on any atom is 0.217 e. The topological polar surface area (TPSA) is 62.1 Å². The fourth-order valence-electron chi connectivity index (χ4n) is 1.18. The zero-order chi connectivity index (χ0) is 11.3. The predicted molar refractivity (Wildman–Crippen MR) is 55.2 cm³/mol. The zero-order valence-corrected chi connectivity index (χ0v) is 8.70. The second-order valence-electron chi connectivity index (χ2n) is 3.05. The molecule has 0 spiro atoms. The first-order valence-corrected chi connectivity index (χ1v) is 4.49. The Hall–Kier alpha value is -2.02. The summed E-state index contributed by atoms with van der Waals surface area (Å²) in [7, 11) is 1.54. The molecule has 15 heavy (non-hydrogen) atoms. The Labute approximate surface area is 88.5 Å². The quantitative estimate of drug-likeness (QED) is 0.804. The molecular formula is C11H12N2O2. The Balaban J connectivity index is 2.88. The highest BCUT2D eigenvalue weighted by atomic mass is 16.5. The summed E-state index contributed by atoms with van der Waals surface area (Å²) in [5.74, 6) is 0.518. The lowest BCUT2D eigenvalue weighted by Crippen LogP contribution is -2.19. The molecule has 1 N–H and O–H groups in total. The van der Waals surface area contributed by atoms with Crippen molar-refractivity contribution in [2.45, 2.75) is 13.5 Å². The maximum atomic E-state index is 10.7. The minimum Gasteiger partial charge on any atom is -0.496 e. The van der Waals surface area contributed by atoms with Gasteiger partial charge in [0.05, 0.1) is 18.7 Å². The van der Waals surface area contributed by atoms with Gasteiger partial charge in [-0.05, 0) is 12.1 Å². The van der Waals surface area contributed by atoms with Gasteiger partial charge in [-0.1, -0.05) is 6.07 Å². The molecule has 0 atom stereocenters. The van der Waals surface area contributed by atoms with Crippen molar-refractivity contribution in [1.82, 2.24) is 5.32 Å². The first kappa shape index (κ1) is 11.1. The number of carbonyl (C=O) groups excluding carboxylic acids is 1. The molecule has 1 aromatic rings. The summed E-state index contributed by atoms with van der Waals surface area (Å²) >= 11 is 0. The zero-order valence-electron chi connectivity index (χ0n) is 8.70. The molecule has 78 valence electrons. The number of ether oxygens (including phenoxy) is 1. The van der Waals surface area contributed by atoms with E-state index in [-0.39, 0.29) is 5.91 Å². The average Bonchev–Trinajstić information content (AvgIpc) is 2.25. The molecular weight excluding hydrogens is 192 g/mol. The monoisotopic (exact) mass is 204 g/mol. The minimum atomic E-state index is -0.0959. The van der Waals surface area contributed by atoms with Crippen molar-refractivity contribution in [3.63, 3.8) is 0 Å². The molecule has 1 rings (SSSR count). The van der Waals surface area contributed by atoms with Crippen LogP contribution in [0.15, 0.2) is 18.2 Å². The van der Waals surface area contributed by atoms with Crippen molar-refractivity contribution in [3.05, 3.63) is 29.3 Å².